The fraction of sp³-hybridized carbons (Fsp3) is 0.611. The summed E-state index contributed by atoms with van der Waals surface area (Å²) in [7, 11) is 0. The zero-order valence-electron chi connectivity index (χ0n) is 13.8. The number of ether oxygens (including phenoxy) is 1. The predicted octanol–water partition coefficient (Wildman–Crippen LogP) is 3.02. The van der Waals surface area contributed by atoms with Gasteiger partial charge in [-0.2, -0.15) is 0 Å². The number of carbonyl (C=O) groups excluding carboxylic acids is 1. The second-order valence-electron chi connectivity index (χ2n) is 6.04. The molecule has 1 aromatic rings. The summed E-state index contributed by atoms with van der Waals surface area (Å²) in [5, 5.41) is 6.61. The maximum absolute atomic E-state index is 12.2. The van der Waals surface area contributed by atoms with Gasteiger partial charge in [0.2, 0.25) is 0 Å². The average Bonchev–Trinajstić information content (AvgIpc) is 2.88. The van der Waals surface area contributed by atoms with E-state index in [0.717, 1.165) is 44.6 Å². The van der Waals surface area contributed by atoms with E-state index in [1.165, 1.54) is 17.7 Å². The number of anilines is 1. The molecule has 0 amide bonds. The van der Waals surface area contributed by atoms with Crippen molar-refractivity contribution in [3.8, 4) is 0 Å². The molecule has 1 aliphatic rings. The summed E-state index contributed by atoms with van der Waals surface area (Å²) in [5.74, 6) is 0.161. The van der Waals surface area contributed by atoms with Gasteiger partial charge in [-0.25, -0.2) is 0 Å². The third-order valence-corrected chi connectivity index (χ3v) is 3.93. The van der Waals surface area contributed by atoms with Gasteiger partial charge in [0.15, 0.2) is 5.78 Å². The van der Waals surface area contributed by atoms with Crippen LogP contribution in [-0.2, 0) is 11.2 Å². The first kappa shape index (κ1) is 17.0. The summed E-state index contributed by atoms with van der Waals surface area (Å²) in [6.45, 7) is 7.15. The lowest BCUT2D eigenvalue weighted by Crippen LogP contribution is -2.24. The molecule has 22 heavy (non-hydrogen) atoms. The number of nitrogens with one attached hydrogen (secondary N) is 2. The number of rotatable bonds is 10. The van der Waals surface area contributed by atoms with Gasteiger partial charge in [-0.15, -0.1) is 0 Å². The molecule has 2 rings (SSSR count). The molecular weight excluding hydrogens is 276 g/mol. The van der Waals surface area contributed by atoms with Gasteiger partial charge in [0, 0.05) is 30.5 Å². The molecule has 1 aliphatic heterocycles. The van der Waals surface area contributed by atoms with Gasteiger partial charge < -0.3 is 15.4 Å². The number of benzene rings is 1. The topological polar surface area (TPSA) is 50.4 Å². The molecule has 1 heterocycles. The van der Waals surface area contributed by atoms with Crippen LogP contribution < -0.4 is 10.6 Å². The van der Waals surface area contributed by atoms with Crippen molar-refractivity contribution in [1.82, 2.24) is 5.32 Å². The first-order valence-electron chi connectivity index (χ1n) is 8.42. The molecule has 1 unspecified atom stereocenters. The Morgan fingerprint density at radius 1 is 1.36 bits per heavy atom. The summed E-state index contributed by atoms with van der Waals surface area (Å²) in [6.07, 6.45) is 4.24. The number of ketones is 1. The summed E-state index contributed by atoms with van der Waals surface area (Å²) in [4.78, 5) is 12.2. The maximum atomic E-state index is 12.2. The third kappa shape index (κ3) is 5.11. The van der Waals surface area contributed by atoms with E-state index in [1.807, 2.05) is 18.2 Å². The number of Topliss-reactive ketones (excluding diaryl/α,β-unsaturated/α-hetero) is 1. The average molecular weight is 304 g/mol. The molecule has 2 N–H and O–H groups in total. The van der Waals surface area contributed by atoms with Crippen LogP contribution in [0.5, 0.6) is 0 Å². The van der Waals surface area contributed by atoms with E-state index in [4.69, 9.17) is 4.74 Å². The van der Waals surface area contributed by atoms with Crippen LogP contribution in [0.4, 0.5) is 5.69 Å². The number of hydrogen-bond donors (Lipinski definition) is 2. The van der Waals surface area contributed by atoms with Gasteiger partial charge in [-0.3, -0.25) is 4.79 Å². The third-order valence-electron chi connectivity index (χ3n) is 3.93. The van der Waals surface area contributed by atoms with Crippen LogP contribution >= 0.6 is 0 Å². The quantitative estimate of drug-likeness (QED) is 0.515. The lowest BCUT2D eigenvalue weighted by atomic mass is 10.0. The van der Waals surface area contributed by atoms with Crippen LogP contribution in [0.15, 0.2) is 18.2 Å². The minimum atomic E-state index is 0.161. The van der Waals surface area contributed by atoms with Crippen LogP contribution in [0, 0.1) is 0 Å². The molecule has 0 fully saturated rings. The van der Waals surface area contributed by atoms with Gasteiger partial charge in [0.25, 0.3) is 0 Å². The van der Waals surface area contributed by atoms with Crippen LogP contribution in [0.2, 0.25) is 0 Å². The lowest BCUT2D eigenvalue weighted by molar-refractivity contribution is 0.0986. The monoisotopic (exact) mass is 304 g/mol. The van der Waals surface area contributed by atoms with E-state index in [9.17, 15) is 4.79 Å². The molecule has 0 spiro atoms. The minimum Gasteiger partial charge on any atom is -0.382 e. The Labute approximate surface area is 133 Å². The molecule has 0 radical (unpaired) electrons. The number of carbonyl (C=O) groups is 1. The van der Waals surface area contributed by atoms with Crippen molar-refractivity contribution in [3.05, 3.63) is 29.3 Å². The Hall–Kier alpha value is -1.39. The molecule has 0 bridgehead atoms. The molecule has 1 aromatic carbocycles. The normalized spacial score (nSPS) is 16.4. The highest BCUT2D eigenvalue weighted by molar-refractivity contribution is 5.98. The van der Waals surface area contributed by atoms with Crippen molar-refractivity contribution in [2.24, 2.45) is 0 Å². The van der Waals surface area contributed by atoms with Gasteiger partial charge in [0.05, 0.1) is 6.54 Å². The number of unbranched alkanes of at least 4 members (excludes halogenated alkanes) is 1. The van der Waals surface area contributed by atoms with Gasteiger partial charge >= 0.3 is 0 Å². The fourth-order valence-corrected chi connectivity index (χ4v) is 2.67. The fourth-order valence-electron chi connectivity index (χ4n) is 2.67. The highest BCUT2D eigenvalue weighted by Gasteiger charge is 2.18. The Morgan fingerprint density at radius 2 is 2.18 bits per heavy atom. The standard InChI is InChI=1S/C18H28N2O2/c1-3-4-9-22-10-5-8-19-13-18(21)15-6-7-17-16(12-15)11-14(2)20-17/h6-7,12,14,19-20H,3-5,8-11,13H2,1-2H3. The van der Waals surface area contributed by atoms with Gasteiger partial charge in [-0.1, -0.05) is 13.3 Å². The zero-order valence-corrected chi connectivity index (χ0v) is 13.8. The van der Waals surface area contributed by atoms with E-state index in [0.29, 0.717) is 12.6 Å². The highest BCUT2D eigenvalue weighted by atomic mass is 16.5. The van der Waals surface area contributed by atoms with E-state index >= 15 is 0 Å². The molecule has 0 aliphatic carbocycles. The Morgan fingerprint density at radius 3 is 3.00 bits per heavy atom. The molecule has 0 saturated carbocycles. The number of hydrogen-bond acceptors (Lipinski definition) is 4. The molecule has 0 aromatic heterocycles. The zero-order chi connectivity index (χ0) is 15.8. The Balaban J connectivity index is 1.65. The highest BCUT2D eigenvalue weighted by Crippen LogP contribution is 2.26. The maximum Gasteiger partial charge on any atom is 0.176 e. The molecule has 122 valence electrons. The SMILES string of the molecule is CCCCOCCCNCC(=O)c1ccc2c(c1)CC(C)N2. The largest absolute Gasteiger partial charge is 0.382 e. The minimum absolute atomic E-state index is 0.161. The van der Waals surface area contributed by atoms with Crippen molar-refractivity contribution in [3.63, 3.8) is 0 Å². The molecule has 0 saturated heterocycles. The molecule has 4 heteroatoms. The smallest absolute Gasteiger partial charge is 0.176 e. The van der Waals surface area contributed by atoms with Crippen LogP contribution in [0.3, 0.4) is 0 Å². The Kier molecular flexibility index (Phi) is 6.87. The van der Waals surface area contributed by atoms with Gasteiger partial charge in [0.1, 0.15) is 0 Å². The summed E-state index contributed by atoms with van der Waals surface area (Å²) >= 11 is 0. The lowest BCUT2D eigenvalue weighted by Gasteiger charge is -2.07. The van der Waals surface area contributed by atoms with Crippen molar-refractivity contribution in [2.45, 2.75) is 45.6 Å². The first-order valence-corrected chi connectivity index (χ1v) is 8.42. The second-order valence-corrected chi connectivity index (χ2v) is 6.04. The van der Waals surface area contributed by atoms with E-state index < -0.39 is 0 Å². The van der Waals surface area contributed by atoms with Gasteiger partial charge in [-0.05, 0) is 56.5 Å². The van der Waals surface area contributed by atoms with Crippen molar-refractivity contribution in [2.75, 3.05) is 31.6 Å². The molecular formula is C18H28N2O2. The summed E-state index contributed by atoms with van der Waals surface area (Å²) in [5.41, 5.74) is 3.23. The van der Waals surface area contributed by atoms with Crippen molar-refractivity contribution < 1.29 is 9.53 Å². The predicted molar refractivity (Wildman–Crippen MR) is 90.8 cm³/mol. The first-order chi connectivity index (χ1) is 10.7. The Bertz CT molecular complexity index is 488. The summed E-state index contributed by atoms with van der Waals surface area (Å²) < 4.78 is 5.49. The summed E-state index contributed by atoms with van der Waals surface area (Å²) in [6, 6.07) is 6.44. The van der Waals surface area contributed by atoms with Crippen LogP contribution in [0.1, 0.15) is 49.0 Å². The van der Waals surface area contributed by atoms with Crippen LogP contribution in [-0.4, -0.2) is 38.1 Å². The molecule has 1 atom stereocenters. The van der Waals surface area contributed by atoms with E-state index in [2.05, 4.69) is 24.5 Å². The van der Waals surface area contributed by atoms with Crippen LogP contribution in [0.25, 0.3) is 0 Å². The van der Waals surface area contributed by atoms with Crippen molar-refractivity contribution >= 4 is 11.5 Å². The van der Waals surface area contributed by atoms with E-state index in [-0.39, 0.29) is 5.78 Å². The van der Waals surface area contributed by atoms with Crippen molar-refractivity contribution in [1.29, 1.82) is 0 Å². The van der Waals surface area contributed by atoms with E-state index in [1.54, 1.807) is 0 Å². The second kappa shape index (κ2) is 8.91. The number of fused-ring (bicyclic) bond motifs is 1. The molecule has 4 nitrogen and oxygen atoms in total.